The summed E-state index contributed by atoms with van der Waals surface area (Å²) in [4.78, 5) is 29.7. The van der Waals surface area contributed by atoms with E-state index in [1.807, 2.05) is 36.2 Å². The lowest BCUT2D eigenvalue weighted by atomic mass is 9.54. The summed E-state index contributed by atoms with van der Waals surface area (Å²) in [6.45, 7) is 0.488. The zero-order chi connectivity index (χ0) is 19.4. The minimum atomic E-state index is -0.225. The molecular formula is C23H30N2O3. The van der Waals surface area contributed by atoms with Crippen molar-refractivity contribution in [1.29, 1.82) is 0 Å². The lowest BCUT2D eigenvalue weighted by Gasteiger charge is -2.56. The molecule has 0 radical (unpaired) electrons. The van der Waals surface area contributed by atoms with Gasteiger partial charge >= 0.3 is 0 Å². The van der Waals surface area contributed by atoms with E-state index in [4.69, 9.17) is 4.74 Å². The number of hydrogen-bond acceptors (Lipinski definition) is 3. The summed E-state index contributed by atoms with van der Waals surface area (Å²) in [5, 5.41) is 0. The number of carbonyl (C=O) groups is 2. The third kappa shape index (κ3) is 2.90. The van der Waals surface area contributed by atoms with Gasteiger partial charge in [0.05, 0.1) is 13.0 Å². The predicted octanol–water partition coefficient (Wildman–Crippen LogP) is 3.33. The van der Waals surface area contributed by atoms with E-state index in [-0.39, 0.29) is 17.7 Å². The van der Waals surface area contributed by atoms with Gasteiger partial charge in [-0.1, -0.05) is 0 Å². The van der Waals surface area contributed by atoms with E-state index in [1.165, 1.54) is 32.1 Å². The molecule has 1 atom stereocenters. The second-order valence-electron chi connectivity index (χ2n) is 9.47. The van der Waals surface area contributed by atoms with Crippen molar-refractivity contribution in [2.45, 2.75) is 44.6 Å². The number of amides is 2. The molecule has 5 heteroatoms. The summed E-state index contributed by atoms with van der Waals surface area (Å²) >= 11 is 0. The molecule has 1 aliphatic heterocycles. The Kier molecular flexibility index (Phi) is 4.37. The van der Waals surface area contributed by atoms with E-state index in [0.29, 0.717) is 30.8 Å². The van der Waals surface area contributed by atoms with Gasteiger partial charge in [0.2, 0.25) is 11.8 Å². The Labute approximate surface area is 167 Å². The molecule has 5 fully saturated rings. The van der Waals surface area contributed by atoms with E-state index in [2.05, 4.69) is 0 Å². The SMILES string of the molecule is COc1ccc(N2CC(C(=O)N(C)C3C4CC5CC(C4)CC3C5)CC2=O)cc1. The number of rotatable bonds is 4. The fourth-order valence-electron chi connectivity index (χ4n) is 6.85. The van der Waals surface area contributed by atoms with Crippen LogP contribution in [0.5, 0.6) is 5.75 Å². The van der Waals surface area contributed by atoms with Gasteiger partial charge in [0.25, 0.3) is 0 Å². The Morgan fingerprint density at radius 1 is 1.04 bits per heavy atom. The van der Waals surface area contributed by atoms with E-state index >= 15 is 0 Å². The van der Waals surface area contributed by atoms with Crippen LogP contribution in [0.1, 0.15) is 38.5 Å². The molecule has 150 valence electrons. The highest BCUT2D eigenvalue weighted by Crippen LogP contribution is 2.55. The van der Waals surface area contributed by atoms with Crippen LogP contribution in [0.2, 0.25) is 0 Å². The quantitative estimate of drug-likeness (QED) is 0.803. The molecule has 0 spiro atoms. The van der Waals surface area contributed by atoms with Crippen molar-refractivity contribution >= 4 is 17.5 Å². The zero-order valence-corrected chi connectivity index (χ0v) is 16.8. The van der Waals surface area contributed by atoms with Crippen molar-refractivity contribution in [2.75, 3.05) is 25.6 Å². The fourth-order valence-corrected chi connectivity index (χ4v) is 6.85. The van der Waals surface area contributed by atoms with Crippen LogP contribution >= 0.6 is 0 Å². The number of anilines is 1. The molecule has 5 aliphatic rings. The van der Waals surface area contributed by atoms with Crippen LogP contribution in [0.4, 0.5) is 5.69 Å². The minimum Gasteiger partial charge on any atom is -0.497 e. The Balaban J connectivity index is 1.28. The molecule has 1 aromatic rings. The van der Waals surface area contributed by atoms with Gasteiger partial charge in [-0.25, -0.2) is 0 Å². The van der Waals surface area contributed by atoms with Crippen LogP contribution in [0, 0.1) is 29.6 Å². The van der Waals surface area contributed by atoms with Gasteiger partial charge in [-0.15, -0.1) is 0 Å². The second-order valence-corrected chi connectivity index (χ2v) is 9.47. The van der Waals surface area contributed by atoms with Crippen LogP contribution in [0.15, 0.2) is 24.3 Å². The molecule has 0 aromatic heterocycles. The minimum absolute atomic E-state index is 0.0435. The molecule has 1 saturated heterocycles. The maximum absolute atomic E-state index is 13.3. The summed E-state index contributed by atoms with van der Waals surface area (Å²) in [6, 6.07) is 7.90. The summed E-state index contributed by atoms with van der Waals surface area (Å²) in [7, 11) is 3.63. The third-order valence-corrected chi connectivity index (χ3v) is 7.83. The first-order chi connectivity index (χ1) is 13.5. The molecule has 4 bridgehead atoms. The van der Waals surface area contributed by atoms with Gasteiger partial charge in [0.15, 0.2) is 0 Å². The molecule has 1 heterocycles. The number of methoxy groups -OCH3 is 1. The average Bonchev–Trinajstić information content (AvgIpc) is 3.08. The first-order valence-corrected chi connectivity index (χ1v) is 10.7. The number of carbonyl (C=O) groups excluding carboxylic acids is 2. The molecule has 0 N–H and O–H groups in total. The Morgan fingerprint density at radius 2 is 1.64 bits per heavy atom. The van der Waals surface area contributed by atoms with E-state index in [9.17, 15) is 9.59 Å². The standard InChI is InChI=1S/C23H30N2O3/c1-24(22-16-8-14-7-15(10-16)11-17(22)9-14)23(27)18-12-21(26)25(13-18)19-3-5-20(28-2)6-4-19/h3-6,14-18,22H,7-13H2,1-2H3. The number of nitrogens with zero attached hydrogens (tertiary/aromatic N) is 2. The zero-order valence-electron chi connectivity index (χ0n) is 16.8. The Hall–Kier alpha value is -2.04. The third-order valence-electron chi connectivity index (χ3n) is 7.83. The van der Waals surface area contributed by atoms with Crippen LogP contribution in [-0.4, -0.2) is 43.5 Å². The van der Waals surface area contributed by atoms with Crippen LogP contribution in [0.25, 0.3) is 0 Å². The molecule has 5 nitrogen and oxygen atoms in total. The number of ether oxygens (including phenoxy) is 1. The highest BCUT2D eigenvalue weighted by atomic mass is 16.5. The molecule has 6 rings (SSSR count). The topological polar surface area (TPSA) is 49.9 Å². The summed E-state index contributed by atoms with van der Waals surface area (Å²) in [5.74, 6) is 3.92. The molecule has 2 amide bonds. The molecular weight excluding hydrogens is 352 g/mol. The van der Waals surface area contributed by atoms with Gasteiger partial charge in [-0.3, -0.25) is 9.59 Å². The Morgan fingerprint density at radius 3 is 2.21 bits per heavy atom. The van der Waals surface area contributed by atoms with Crippen molar-refractivity contribution in [3.63, 3.8) is 0 Å². The monoisotopic (exact) mass is 382 g/mol. The predicted molar refractivity (Wildman–Crippen MR) is 107 cm³/mol. The largest absolute Gasteiger partial charge is 0.497 e. The summed E-state index contributed by atoms with van der Waals surface area (Å²) in [6.07, 6.45) is 6.95. The molecule has 1 aromatic carbocycles. The van der Waals surface area contributed by atoms with Crippen molar-refractivity contribution < 1.29 is 14.3 Å². The van der Waals surface area contributed by atoms with Gasteiger partial charge in [-0.2, -0.15) is 0 Å². The smallest absolute Gasteiger partial charge is 0.228 e. The average molecular weight is 383 g/mol. The van der Waals surface area contributed by atoms with E-state index in [0.717, 1.165) is 23.3 Å². The molecule has 28 heavy (non-hydrogen) atoms. The first kappa shape index (κ1) is 18.0. The van der Waals surface area contributed by atoms with Crippen molar-refractivity contribution in [3.05, 3.63) is 24.3 Å². The van der Waals surface area contributed by atoms with Crippen LogP contribution < -0.4 is 9.64 Å². The number of benzene rings is 1. The normalized spacial score (nSPS) is 36.1. The maximum atomic E-state index is 13.3. The first-order valence-electron chi connectivity index (χ1n) is 10.7. The lowest BCUT2D eigenvalue weighted by Crippen LogP contribution is -2.57. The molecule has 4 saturated carbocycles. The van der Waals surface area contributed by atoms with Crippen molar-refractivity contribution in [2.24, 2.45) is 29.6 Å². The molecule has 4 aliphatic carbocycles. The van der Waals surface area contributed by atoms with Crippen molar-refractivity contribution in [3.8, 4) is 5.75 Å². The van der Waals surface area contributed by atoms with E-state index < -0.39 is 0 Å². The van der Waals surface area contributed by atoms with Gasteiger partial charge < -0.3 is 14.5 Å². The highest BCUT2D eigenvalue weighted by Gasteiger charge is 2.51. The number of hydrogen-bond donors (Lipinski definition) is 0. The van der Waals surface area contributed by atoms with Crippen LogP contribution in [-0.2, 0) is 9.59 Å². The second kappa shape index (κ2) is 6.78. The van der Waals surface area contributed by atoms with Gasteiger partial charge in [-0.05, 0) is 80.0 Å². The molecule has 1 unspecified atom stereocenters. The van der Waals surface area contributed by atoms with Crippen molar-refractivity contribution in [1.82, 2.24) is 4.90 Å². The van der Waals surface area contributed by atoms with Gasteiger partial charge in [0.1, 0.15) is 5.75 Å². The van der Waals surface area contributed by atoms with Gasteiger partial charge in [0, 0.05) is 31.7 Å². The highest BCUT2D eigenvalue weighted by molar-refractivity contribution is 6.00. The summed E-state index contributed by atoms with van der Waals surface area (Å²) in [5.41, 5.74) is 0.846. The lowest BCUT2D eigenvalue weighted by molar-refractivity contribution is -0.145. The van der Waals surface area contributed by atoms with E-state index in [1.54, 1.807) is 12.0 Å². The van der Waals surface area contributed by atoms with Crippen LogP contribution in [0.3, 0.4) is 0 Å². The Bertz CT molecular complexity index is 747. The summed E-state index contributed by atoms with van der Waals surface area (Å²) < 4.78 is 5.20. The fraction of sp³-hybridized carbons (Fsp3) is 0.652. The maximum Gasteiger partial charge on any atom is 0.228 e.